The van der Waals surface area contributed by atoms with E-state index >= 15 is 0 Å². The van der Waals surface area contributed by atoms with Crippen molar-refractivity contribution in [3.63, 3.8) is 0 Å². The van der Waals surface area contributed by atoms with Crippen molar-refractivity contribution < 1.29 is 13.6 Å². The summed E-state index contributed by atoms with van der Waals surface area (Å²) in [7, 11) is 0. The fourth-order valence-corrected chi connectivity index (χ4v) is 4.40. The van der Waals surface area contributed by atoms with Crippen LogP contribution in [-0.2, 0) is 0 Å². The molecule has 0 fully saturated rings. The zero-order valence-electron chi connectivity index (χ0n) is 19.4. The number of rotatable bonds is 6. The summed E-state index contributed by atoms with van der Waals surface area (Å²) in [6.45, 7) is 6.80. The van der Waals surface area contributed by atoms with E-state index in [4.69, 9.17) is 25.2 Å². The van der Waals surface area contributed by atoms with Crippen molar-refractivity contribution in [1.29, 1.82) is 0 Å². The molecule has 0 aliphatic carbocycles. The minimum Gasteiger partial charge on any atom is -0.494 e. The highest BCUT2D eigenvalue weighted by atomic mass is 35.5. The first-order valence-electron chi connectivity index (χ1n) is 11.3. The van der Waals surface area contributed by atoms with Crippen LogP contribution in [0.2, 0.25) is 5.02 Å². The number of hydrogen-bond acceptors (Lipinski definition) is 3. The molecule has 34 heavy (non-hydrogen) atoms. The molecule has 0 bridgehead atoms. The highest BCUT2D eigenvalue weighted by Gasteiger charge is 2.22. The molecule has 0 unspecified atom stereocenters. The van der Waals surface area contributed by atoms with Gasteiger partial charge < -0.3 is 13.6 Å². The van der Waals surface area contributed by atoms with Gasteiger partial charge in [-0.3, -0.25) is 0 Å². The lowest BCUT2D eigenvalue weighted by Crippen LogP contribution is -1.90. The summed E-state index contributed by atoms with van der Waals surface area (Å²) in [6, 6.07) is 26.2. The summed E-state index contributed by atoms with van der Waals surface area (Å²) in [5.74, 6) is 3.15. The Hall–Kier alpha value is -3.69. The molecule has 0 saturated carbocycles. The van der Waals surface area contributed by atoms with Gasteiger partial charge in [-0.15, -0.1) is 0 Å². The van der Waals surface area contributed by atoms with Gasteiger partial charge in [-0.05, 0) is 87.0 Å². The summed E-state index contributed by atoms with van der Waals surface area (Å²) in [4.78, 5) is 0. The Bertz CT molecular complexity index is 1400. The van der Waals surface area contributed by atoms with Crippen LogP contribution in [0.4, 0.5) is 0 Å². The van der Waals surface area contributed by atoms with Gasteiger partial charge in [-0.2, -0.15) is 0 Å². The van der Waals surface area contributed by atoms with Crippen molar-refractivity contribution in [2.24, 2.45) is 0 Å². The Labute approximate surface area is 204 Å². The molecule has 2 aromatic heterocycles. The van der Waals surface area contributed by atoms with E-state index in [0.717, 1.165) is 50.8 Å². The molecule has 3 aromatic carbocycles. The molecule has 0 aliphatic rings. The second-order valence-electron chi connectivity index (χ2n) is 8.36. The second kappa shape index (κ2) is 9.28. The minimum absolute atomic E-state index is 0.632. The van der Waals surface area contributed by atoms with Crippen LogP contribution in [0.5, 0.6) is 5.75 Å². The van der Waals surface area contributed by atoms with Gasteiger partial charge in [0.1, 0.15) is 23.0 Å². The lowest BCUT2D eigenvalue weighted by molar-refractivity contribution is 0.340. The predicted molar refractivity (Wildman–Crippen MR) is 138 cm³/mol. The molecular formula is C30H25ClO3. The van der Waals surface area contributed by atoms with Gasteiger partial charge in [0.2, 0.25) is 0 Å². The first-order chi connectivity index (χ1) is 16.5. The molecular weight excluding hydrogens is 444 g/mol. The molecule has 4 heteroatoms. The maximum atomic E-state index is 6.51. The summed E-state index contributed by atoms with van der Waals surface area (Å²) >= 11 is 6.12. The van der Waals surface area contributed by atoms with Gasteiger partial charge >= 0.3 is 0 Å². The summed E-state index contributed by atoms with van der Waals surface area (Å²) in [6.07, 6.45) is 1.72. The summed E-state index contributed by atoms with van der Waals surface area (Å²) < 4.78 is 18.2. The predicted octanol–water partition coefficient (Wildman–Crippen LogP) is 9.21. The number of hydrogen-bond donors (Lipinski definition) is 0. The minimum atomic E-state index is 0.632. The Kier molecular flexibility index (Phi) is 6.04. The van der Waals surface area contributed by atoms with E-state index in [9.17, 15) is 0 Å². The molecule has 0 radical (unpaired) electrons. The van der Waals surface area contributed by atoms with Crippen molar-refractivity contribution in [2.75, 3.05) is 6.61 Å². The molecule has 0 saturated heterocycles. The smallest absolute Gasteiger partial charge is 0.145 e. The van der Waals surface area contributed by atoms with E-state index in [1.54, 1.807) is 6.26 Å². The lowest BCUT2D eigenvalue weighted by atomic mass is 9.98. The second-order valence-corrected chi connectivity index (χ2v) is 8.79. The number of ether oxygens (including phenoxy) is 1. The van der Waals surface area contributed by atoms with Crippen LogP contribution in [-0.4, -0.2) is 6.61 Å². The maximum Gasteiger partial charge on any atom is 0.145 e. The average molecular weight is 469 g/mol. The molecule has 3 nitrogen and oxygen atoms in total. The third-order valence-corrected chi connectivity index (χ3v) is 5.98. The number of halogens is 1. The van der Waals surface area contributed by atoms with Crippen LogP contribution in [0.3, 0.4) is 0 Å². The third kappa shape index (κ3) is 4.40. The molecule has 0 N–H and O–H groups in total. The van der Waals surface area contributed by atoms with Gasteiger partial charge in [0, 0.05) is 21.7 Å². The van der Waals surface area contributed by atoms with Crippen LogP contribution >= 0.6 is 11.6 Å². The topological polar surface area (TPSA) is 35.5 Å². The summed E-state index contributed by atoms with van der Waals surface area (Å²) in [5, 5.41) is 0.700. The van der Waals surface area contributed by atoms with Crippen molar-refractivity contribution in [2.45, 2.75) is 20.8 Å². The Morgan fingerprint density at radius 2 is 1.38 bits per heavy atom. The average Bonchev–Trinajstić information content (AvgIpc) is 3.47. The zero-order chi connectivity index (χ0) is 23.7. The molecule has 0 atom stereocenters. The van der Waals surface area contributed by atoms with Crippen LogP contribution < -0.4 is 4.74 Å². The quantitative estimate of drug-likeness (QED) is 0.249. The van der Waals surface area contributed by atoms with Gasteiger partial charge in [-0.25, -0.2) is 0 Å². The van der Waals surface area contributed by atoms with Gasteiger partial charge in [0.15, 0.2) is 0 Å². The first kappa shape index (κ1) is 22.1. The number of furan rings is 2. The van der Waals surface area contributed by atoms with E-state index in [2.05, 4.69) is 38.1 Å². The highest BCUT2D eigenvalue weighted by molar-refractivity contribution is 6.30. The van der Waals surface area contributed by atoms with E-state index in [1.807, 2.05) is 61.5 Å². The molecule has 0 spiro atoms. The highest BCUT2D eigenvalue weighted by Crippen LogP contribution is 2.43. The van der Waals surface area contributed by atoms with Gasteiger partial charge in [-0.1, -0.05) is 40.9 Å². The fraction of sp³-hybridized carbons (Fsp3) is 0.133. The van der Waals surface area contributed by atoms with Crippen LogP contribution in [0.25, 0.3) is 45.1 Å². The standard InChI is InChI=1S/C30H25ClO3/c1-4-32-25-11-7-22(8-12-25)28-18-27(29(34-28)23-16-19(2)15-20(3)17-23)30-26(13-14-33-30)21-5-9-24(31)10-6-21/h5-18H,4H2,1-3H3. The van der Waals surface area contributed by atoms with Gasteiger partial charge in [0.25, 0.3) is 0 Å². The zero-order valence-corrected chi connectivity index (χ0v) is 20.1. The number of aryl methyl sites for hydroxylation is 2. The first-order valence-corrected chi connectivity index (χ1v) is 11.7. The molecule has 170 valence electrons. The van der Waals surface area contributed by atoms with Crippen molar-refractivity contribution in [1.82, 2.24) is 0 Å². The molecule has 0 amide bonds. The van der Waals surface area contributed by atoms with E-state index in [0.29, 0.717) is 11.6 Å². The molecule has 5 aromatic rings. The Balaban J connectivity index is 1.67. The van der Waals surface area contributed by atoms with Crippen LogP contribution in [0, 0.1) is 13.8 Å². The monoisotopic (exact) mass is 468 g/mol. The van der Waals surface area contributed by atoms with Crippen molar-refractivity contribution in [3.8, 4) is 50.8 Å². The Morgan fingerprint density at radius 1 is 0.706 bits per heavy atom. The van der Waals surface area contributed by atoms with Crippen molar-refractivity contribution >= 4 is 11.6 Å². The summed E-state index contributed by atoms with van der Waals surface area (Å²) in [5.41, 5.74) is 7.27. The molecule has 5 rings (SSSR count). The third-order valence-electron chi connectivity index (χ3n) is 5.73. The van der Waals surface area contributed by atoms with Gasteiger partial charge in [0.05, 0.1) is 18.4 Å². The number of benzene rings is 3. The van der Waals surface area contributed by atoms with E-state index < -0.39 is 0 Å². The SMILES string of the molecule is CCOc1ccc(-c2cc(-c3occc3-c3ccc(Cl)cc3)c(-c3cc(C)cc(C)c3)o2)cc1. The fourth-order valence-electron chi connectivity index (χ4n) is 4.28. The normalized spacial score (nSPS) is 11.1. The van der Waals surface area contributed by atoms with E-state index in [1.165, 1.54) is 11.1 Å². The molecule has 2 heterocycles. The van der Waals surface area contributed by atoms with E-state index in [-0.39, 0.29) is 0 Å². The maximum absolute atomic E-state index is 6.51. The Morgan fingerprint density at radius 3 is 2.06 bits per heavy atom. The van der Waals surface area contributed by atoms with Crippen LogP contribution in [0.1, 0.15) is 18.1 Å². The van der Waals surface area contributed by atoms with Crippen LogP contribution in [0.15, 0.2) is 94.0 Å². The molecule has 0 aliphatic heterocycles. The lowest BCUT2D eigenvalue weighted by Gasteiger charge is -2.07. The van der Waals surface area contributed by atoms with Crippen molar-refractivity contribution in [3.05, 3.63) is 101 Å². The largest absolute Gasteiger partial charge is 0.494 e.